The third-order valence-corrected chi connectivity index (χ3v) is 2.00. The minimum Gasteiger partial charge on any atom is -0.496 e. The third-order valence-electron chi connectivity index (χ3n) is 2.00. The Kier molecular flexibility index (Phi) is 5.38. The van der Waals surface area contributed by atoms with Gasteiger partial charge in [0, 0.05) is 12.6 Å². The van der Waals surface area contributed by atoms with Crippen molar-refractivity contribution < 1.29 is 18.7 Å². The minimum atomic E-state index is -0.371. The van der Waals surface area contributed by atoms with Gasteiger partial charge in [-0.1, -0.05) is 0 Å². The number of ether oxygens (including phenoxy) is 2. The summed E-state index contributed by atoms with van der Waals surface area (Å²) in [4.78, 5) is 11.1. The summed E-state index contributed by atoms with van der Waals surface area (Å²) >= 11 is 0. The van der Waals surface area contributed by atoms with E-state index in [1.54, 1.807) is 7.05 Å². The number of methoxy groups -OCH3 is 1. The number of rotatable bonds is 6. The molecule has 0 aliphatic heterocycles. The minimum absolute atomic E-state index is 0.109. The number of carbonyl (C=O) groups is 1. The van der Waals surface area contributed by atoms with Gasteiger partial charge in [0.25, 0.3) is 5.91 Å². The summed E-state index contributed by atoms with van der Waals surface area (Å²) in [6.45, 7) is -0.00141. The van der Waals surface area contributed by atoms with Gasteiger partial charge in [0.05, 0.1) is 13.7 Å². The largest absolute Gasteiger partial charge is 0.496 e. The molecular formula is C11H15FN2O3. The van der Waals surface area contributed by atoms with Crippen molar-refractivity contribution >= 4 is 5.91 Å². The van der Waals surface area contributed by atoms with Crippen LogP contribution in [0.5, 0.6) is 5.75 Å². The van der Waals surface area contributed by atoms with Gasteiger partial charge in [0.2, 0.25) is 0 Å². The molecule has 1 aromatic carbocycles. The molecule has 6 heteroatoms. The first-order valence-electron chi connectivity index (χ1n) is 5.03. The van der Waals surface area contributed by atoms with Crippen LogP contribution in [0.15, 0.2) is 18.2 Å². The molecule has 0 aliphatic rings. The molecule has 0 saturated carbocycles. The summed E-state index contributed by atoms with van der Waals surface area (Å²) in [6, 6.07) is 4.13. The molecule has 5 nitrogen and oxygen atoms in total. The number of hydrogen-bond acceptors (Lipinski definition) is 4. The second-order valence-corrected chi connectivity index (χ2v) is 3.25. The quantitative estimate of drug-likeness (QED) is 0.717. The van der Waals surface area contributed by atoms with Crippen LogP contribution in [-0.2, 0) is 16.1 Å². The first-order valence-corrected chi connectivity index (χ1v) is 5.03. The fraction of sp³-hybridized carbons (Fsp3) is 0.364. The molecule has 1 aromatic rings. The van der Waals surface area contributed by atoms with Crippen molar-refractivity contribution in [3.8, 4) is 5.75 Å². The second kappa shape index (κ2) is 6.82. The Morgan fingerprint density at radius 1 is 1.47 bits per heavy atom. The van der Waals surface area contributed by atoms with Crippen molar-refractivity contribution in [2.45, 2.75) is 6.61 Å². The van der Waals surface area contributed by atoms with Crippen LogP contribution < -0.4 is 15.6 Å². The molecule has 94 valence electrons. The fourth-order valence-corrected chi connectivity index (χ4v) is 1.29. The maximum Gasteiger partial charge on any atom is 0.260 e. The zero-order valence-electron chi connectivity index (χ0n) is 9.75. The van der Waals surface area contributed by atoms with Crippen LogP contribution in [0.4, 0.5) is 4.39 Å². The zero-order valence-corrected chi connectivity index (χ0v) is 9.75. The number of carbonyl (C=O) groups excluding carboxylic acids is 1. The number of hydrazine groups is 1. The van der Waals surface area contributed by atoms with Crippen molar-refractivity contribution in [1.29, 1.82) is 0 Å². The van der Waals surface area contributed by atoms with Crippen LogP contribution in [0.25, 0.3) is 0 Å². The molecular weight excluding hydrogens is 227 g/mol. The summed E-state index contributed by atoms with van der Waals surface area (Å²) in [7, 11) is 3.07. The lowest BCUT2D eigenvalue weighted by molar-refractivity contribution is -0.126. The molecule has 0 aliphatic carbocycles. The molecule has 17 heavy (non-hydrogen) atoms. The van der Waals surface area contributed by atoms with E-state index in [0.29, 0.717) is 11.3 Å². The predicted octanol–water partition coefficient (Wildman–Crippen LogP) is 0.601. The molecule has 0 bridgehead atoms. The van der Waals surface area contributed by atoms with Crippen LogP contribution in [0.2, 0.25) is 0 Å². The summed E-state index contributed by atoms with van der Waals surface area (Å²) in [5.74, 6) is -0.146. The van der Waals surface area contributed by atoms with Gasteiger partial charge in [0.15, 0.2) is 0 Å². The molecule has 0 saturated heterocycles. The lowest BCUT2D eigenvalue weighted by Crippen LogP contribution is -2.36. The van der Waals surface area contributed by atoms with Crippen molar-refractivity contribution in [2.75, 3.05) is 20.8 Å². The molecule has 0 aromatic heterocycles. The number of hydrogen-bond donors (Lipinski definition) is 2. The van der Waals surface area contributed by atoms with Crippen molar-refractivity contribution in [1.82, 2.24) is 10.9 Å². The maximum absolute atomic E-state index is 13.0. The maximum atomic E-state index is 13.0. The Balaban J connectivity index is 2.50. The molecule has 0 heterocycles. The molecule has 0 radical (unpaired) electrons. The van der Waals surface area contributed by atoms with E-state index in [4.69, 9.17) is 9.47 Å². The van der Waals surface area contributed by atoms with Crippen molar-refractivity contribution in [3.63, 3.8) is 0 Å². The van der Waals surface area contributed by atoms with Crippen molar-refractivity contribution in [2.24, 2.45) is 0 Å². The average molecular weight is 242 g/mol. The van der Waals surface area contributed by atoms with E-state index in [0.717, 1.165) is 0 Å². The second-order valence-electron chi connectivity index (χ2n) is 3.25. The third kappa shape index (κ3) is 4.38. The molecule has 0 spiro atoms. The number of nitrogens with one attached hydrogen (secondary N) is 2. The average Bonchev–Trinajstić information content (AvgIpc) is 2.30. The molecule has 2 N–H and O–H groups in total. The lowest BCUT2D eigenvalue weighted by atomic mass is 10.2. The molecule has 1 amide bonds. The lowest BCUT2D eigenvalue weighted by Gasteiger charge is -2.09. The first-order chi connectivity index (χ1) is 8.17. The summed E-state index contributed by atoms with van der Waals surface area (Å²) in [6.07, 6.45) is 0. The molecule has 0 fully saturated rings. The van der Waals surface area contributed by atoms with Gasteiger partial charge < -0.3 is 9.47 Å². The van der Waals surface area contributed by atoms with E-state index in [1.807, 2.05) is 0 Å². The zero-order chi connectivity index (χ0) is 12.7. The van der Waals surface area contributed by atoms with Gasteiger partial charge in [0.1, 0.15) is 18.2 Å². The number of benzene rings is 1. The Bertz CT molecular complexity index is 385. The summed E-state index contributed by atoms with van der Waals surface area (Å²) in [5.41, 5.74) is 5.40. The molecule has 0 atom stereocenters. The van der Waals surface area contributed by atoms with E-state index in [9.17, 15) is 9.18 Å². The van der Waals surface area contributed by atoms with Crippen LogP contribution in [0, 0.1) is 5.82 Å². The summed E-state index contributed by atoms with van der Waals surface area (Å²) in [5, 5.41) is 0. The van der Waals surface area contributed by atoms with Gasteiger partial charge in [-0.3, -0.25) is 10.2 Å². The van der Waals surface area contributed by atoms with Gasteiger partial charge in [-0.15, -0.1) is 0 Å². The highest BCUT2D eigenvalue weighted by Gasteiger charge is 2.06. The van der Waals surface area contributed by atoms with E-state index >= 15 is 0 Å². The van der Waals surface area contributed by atoms with Crippen molar-refractivity contribution in [3.05, 3.63) is 29.6 Å². The SMILES string of the molecule is CNNC(=O)COCc1cc(F)ccc1OC. The van der Waals surface area contributed by atoms with Crippen LogP contribution in [0.1, 0.15) is 5.56 Å². The van der Waals surface area contributed by atoms with E-state index in [-0.39, 0.29) is 24.9 Å². The fourth-order valence-electron chi connectivity index (χ4n) is 1.29. The van der Waals surface area contributed by atoms with Crippen LogP contribution in [0.3, 0.4) is 0 Å². The van der Waals surface area contributed by atoms with Gasteiger partial charge >= 0.3 is 0 Å². The Morgan fingerprint density at radius 2 is 2.24 bits per heavy atom. The van der Waals surface area contributed by atoms with Gasteiger partial charge in [-0.25, -0.2) is 9.82 Å². The Morgan fingerprint density at radius 3 is 2.88 bits per heavy atom. The predicted molar refractivity (Wildman–Crippen MR) is 59.8 cm³/mol. The Hall–Kier alpha value is -1.66. The topological polar surface area (TPSA) is 59.6 Å². The normalized spacial score (nSPS) is 10.1. The smallest absolute Gasteiger partial charge is 0.260 e. The van der Waals surface area contributed by atoms with E-state index in [1.165, 1.54) is 25.3 Å². The van der Waals surface area contributed by atoms with Crippen LogP contribution >= 0.6 is 0 Å². The highest BCUT2D eigenvalue weighted by atomic mass is 19.1. The van der Waals surface area contributed by atoms with E-state index in [2.05, 4.69) is 10.9 Å². The number of amides is 1. The standard InChI is InChI=1S/C11H15FN2O3/c1-13-14-11(15)7-17-6-8-5-9(12)3-4-10(8)16-2/h3-5,13H,6-7H2,1-2H3,(H,14,15). The van der Waals surface area contributed by atoms with Gasteiger partial charge in [-0.05, 0) is 18.2 Å². The molecule has 0 unspecified atom stereocenters. The number of halogens is 1. The van der Waals surface area contributed by atoms with Gasteiger partial charge in [-0.2, -0.15) is 0 Å². The highest BCUT2D eigenvalue weighted by Crippen LogP contribution is 2.19. The van der Waals surface area contributed by atoms with Crippen LogP contribution in [-0.4, -0.2) is 26.7 Å². The highest BCUT2D eigenvalue weighted by molar-refractivity contribution is 5.76. The van der Waals surface area contributed by atoms with E-state index < -0.39 is 0 Å². The summed E-state index contributed by atoms with van der Waals surface area (Å²) < 4.78 is 23.2. The molecule has 1 rings (SSSR count). The first kappa shape index (κ1) is 13.4. The Labute approximate surface area is 98.9 Å². The monoisotopic (exact) mass is 242 g/mol.